The van der Waals surface area contributed by atoms with Crippen LogP contribution in [0, 0.1) is 30.2 Å². The van der Waals surface area contributed by atoms with Crippen molar-refractivity contribution in [3.63, 3.8) is 0 Å². The van der Waals surface area contributed by atoms with Crippen molar-refractivity contribution in [2.45, 2.75) is 25.8 Å². The zero-order valence-corrected chi connectivity index (χ0v) is 19.4. The van der Waals surface area contributed by atoms with Crippen molar-refractivity contribution >= 4 is 28.6 Å². The number of anilines is 1. The van der Waals surface area contributed by atoms with Gasteiger partial charge < -0.3 is 20.7 Å². The summed E-state index contributed by atoms with van der Waals surface area (Å²) in [6.07, 6.45) is 1.56. The summed E-state index contributed by atoms with van der Waals surface area (Å²) in [5.41, 5.74) is -1.47. The molecule has 0 saturated carbocycles. The average molecular weight is 512 g/mol. The smallest absolute Gasteiger partial charge is 0.337 e. The van der Waals surface area contributed by atoms with Gasteiger partial charge in [0.2, 0.25) is 5.91 Å². The molecule has 0 radical (unpaired) electrons. The number of carbonyl (C=O) groups is 2. The molecule has 4 aromatic rings. The Kier molecular flexibility index (Phi) is 6.16. The van der Waals surface area contributed by atoms with Crippen molar-refractivity contribution in [1.29, 1.82) is 0 Å². The van der Waals surface area contributed by atoms with E-state index >= 15 is 17.6 Å². The fraction of sp³-hybridized carbons (Fsp3) is 0.192. The molecule has 1 aliphatic rings. The highest BCUT2D eigenvalue weighted by atomic mass is 19.2. The third-order valence-corrected chi connectivity index (χ3v) is 6.28. The van der Waals surface area contributed by atoms with E-state index in [0.717, 1.165) is 13.0 Å². The number of aromatic nitrogens is 2. The number of aromatic amines is 1. The van der Waals surface area contributed by atoms with E-state index in [1.165, 1.54) is 36.4 Å². The van der Waals surface area contributed by atoms with Gasteiger partial charge in [0.05, 0.1) is 28.2 Å². The first-order chi connectivity index (χ1) is 17.7. The molecule has 4 N–H and O–H groups in total. The summed E-state index contributed by atoms with van der Waals surface area (Å²) in [4.78, 5) is 30.3. The van der Waals surface area contributed by atoms with Gasteiger partial charge in [-0.15, -0.1) is 0 Å². The Labute approximate surface area is 207 Å². The molecule has 1 saturated heterocycles. The summed E-state index contributed by atoms with van der Waals surface area (Å²) in [7, 11) is 0. The number of carboxylic acid groups (broad SMARTS) is 1. The lowest BCUT2D eigenvalue weighted by Gasteiger charge is -2.13. The van der Waals surface area contributed by atoms with Crippen LogP contribution in [0.3, 0.4) is 0 Å². The molecule has 1 aliphatic heterocycles. The van der Waals surface area contributed by atoms with Crippen LogP contribution in [0.1, 0.15) is 28.8 Å². The van der Waals surface area contributed by atoms with Crippen molar-refractivity contribution in [3.05, 3.63) is 70.8 Å². The van der Waals surface area contributed by atoms with Crippen LogP contribution >= 0.6 is 0 Å². The predicted molar refractivity (Wildman–Crippen MR) is 128 cm³/mol. The molecule has 1 aromatic heterocycles. The first-order valence-corrected chi connectivity index (χ1v) is 11.4. The normalized spacial score (nSPS) is 15.3. The highest BCUT2D eigenvalue weighted by Crippen LogP contribution is 2.37. The maximum atomic E-state index is 15.1. The van der Waals surface area contributed by atoms with Crippen molar-refractivity contribution in [3.8, 4) is 22.5 Å². The Bertz CT molecular complexity index is 1530. The van der Waals surface area contributed by atoms with E-state index in [1.807, 2.05) is 0 Å². The summed E-state index contributed by atoms with van der Waals surface area (Å²) >= 11 is 0. The zero-order valence-electron chi connectivity index (χ0n) is 19.4. The Morgan fingerprint density at radius 2 is 1.65 bits per heavy atom. The molecule has 1 unspecified atom stereocenters. The fourth-order valence-electron chi connectivity index (χ4n) is 4.49. The lowest BCUT2D eigenvalue weighted by Crippen LogP contribution is -2.35. The summed E-state index contributed by atoms with van der Waals surface area (Å²) in [6, 6.07) is 7.71. The van der Waals surface area contributed by atoms with E-state index in [9.17, 15) is 14.7 Å². The molecule has 0 bridgehead atoms. The Balaban J connectivity index is 1.53. The van der Waals surface area contributed by atoms with Crippen LogP contribution in [0.15, 0.2) is 36.4 Å². The average Bonchev–Trinajstić information content (AvgIpc) is 3.54. The van der Waals surface area contributed by atoms with Crippen LogP contribution in [0.4, 0.5) is 23.2 Å². The molecule has 3 aromatic carbocycles. The van der Waals surface area contributed by atoms with Crippen molar-refractivity contribution < 1.29 is 32.3 Å². The van der Waals surface area contributed by atoms with E-state index in [-0.39, 0.29) is 34.1 Å². The maximum Gasteiger partial charge on any atom is 0.337 e. The Hall–Kier alpha value is -4.25. The predicted octanol–water partition coefficient (Wildman–Crippen LogP) is 5.15. The number of amides is 1. The quantitative estimate of drug-likeness (QED) is 0.219. The van der Waals surface area contributed by atoms with Crippen LogP contribution in [0.2, 0.25) is 0 Å². The number of benzene rings is 3. The van der Waals surface area contributed by atoms with Crippen LogP contribution in [-0.4, -0.2) is 39.5 Å². The number of rotatable bonds is 5. The SMILES string of the molecule is Cc1cc(C(=O)O)c2nc(-c3c(F)c(F)c(-c4ccc(NC(=O)C5CCCN5)cc4)c(F)c3F)[nH]c2c1. The molecule has 0 aliphatic carbocycles. The van der Waals surface area contributed by atoms with Crippen molar-refractivity contribution in [2.75, 3.05) is 11.9 Å². The number of carboxylic acids is 1. The van der Waals surface area contributed by atoms with Gasteiger partial charge in [0.1, 0.15) is 11.3 Å². The first-order valence-electron chi connectivity index (χ1n) is 11.4. The zero-order chi connectivity index (χ0) is 26.4. The second-order valence-corrected chi connectivity index (χ2v) is 8.82. The van der Waals surface area contributed by atoms with E-state index in [1.54, 1.807) is 6.92 Å². The fourth-order valence-corrected chi connectivity index (χ4v) is 4.49. The molecule has 5 rings (SSSR count). The van der Waals surface area contributed by atoms with Crippen molar-refractivity contribution in [1.82, 2.24) is 15.3 Å². The van der Waals surface area contributed by atoms with Gasteiger partial charge in [-0.3, -0.25) is 4.79 Å². The number of aryl methyl sites for hydroxylation is 1. The Morgan fingerprint density at radius 1 is 1.00 bits per heavy atom. The molecule has 190 valence electrons. The third-order valence-electron chi connectivity index (χ3n) is 6.28. The molecule has 1 atom stereocenters. The highest BCUT2D eigenvalue weighted by Gasteiger charge is 2.29. The number of nitrogens with zero attached hydrogens (tertiary/aromatic N) is 1. The summed E-state index contributed by atoms with van der Waals surface area (Å²) in [5, 5.41) is 15.2. The number of nitrogens with one attached hydrogen (secondary N) is 3. The molecule has 1 fully saturated rings. The lowest BCUT2D eigenvalue weighted by molar-refractivity contribution is -0.117. The summed E-state index contributed by atoms with van der Waals surface area (Å²) in [5.74, 6) is -8.79. The van der Waals surface area contributed by atoms with Gasteiger partial charge in [-0.1, -0.05) is 12.1 Å². The summed E-state index contributed by atoms with van der Waals surface area (Å²) < 4.78 is 60.5. The van der Waals surface area contributed by atoms with E-state index < -0.39 is 46.2 Å². The van der Waals surface area contributed by atoms with Crippen LogP contribution < -0.4 is 10.6 Å². The topological polar surface area (TPSA) is 107 Å². The van der Waals surface area contributed by atoms with Crippen molar-refractivity contribution in [2.24, 2.45) is 0 Å². The number of aromatic carboxylic acids is 1. The second-order valence-electron chi connectivity index (χ2n) is 8.82. The van der Waals surface area contributed by atoms with Gasteiger partial charge in [0.25, 0.3) is 0 Å². The van der Waals surface area contributed by atoms with Gasteiger partial charge >= 0.3 is 5.97 Å². The first kappa shape index (κ1) is 24.4. The minimum Gasteiger partial charge on any atom is -0.478 e. The molecule has 11 heteroatoms. The van der Waals surface area contributed by atoms with Gasteiger partial charge in [-0.2, -0.15) is 0 Å². The highest BCUT2D eigenvalue weighted by molar-refractivity contribution is 6.02. The molecule has 2 heterocycles. The van der Waals surface area contributed by atoms with Gasteiger partial charge in [0.15, 0.2) is 23.3 Å². The number of imidazole rings is 1. The lowest BCUT2D eigenvalue weighted by atomic mass is 10.00. The van der Waals surface area contributed by atoms with E-state index in [0.29, 0.717) is 17.7 Å². The number of fused-ring (bicyclic) bond motifs is 1. The molecular weight excluding hydrogens is 492 g/mol. The van der Waals surface area contributed by atoms with Crippen LogP contribution in [-0.2, 0) is 4.79 Å². The number of hydrogen-bond acceptors (Lipinski definition) is 4. The summed E-state index contributed by atoms with van der Waals surface area (Å²) in [6.45, 7) is 2.35. The monoisotopic (exact) mass is 512 g/mol. The number of carbonyl (C=O) groups excluding carboxylic acids is 1. The maximum absolute atomic E-state index is 15.1. The van der Waals surface area contributed by atoms with Gasteiger partial charge in [0, 0.05) is 5.69 Å². The molecule has 1 amide bonds. The molecule has 0 spiro atoms. The van der Waals surface area contributed by atoms with E-state index in [2.05, 4.69) is 20.6 Å². The molecule has 37 heavy (non-hydrogen) atoms. The van der Waals surface area contributed by atoms with Gasteiger partial charge in [-0.05, 0) is 61.7 Å². The minimum absolute atomic E-state index is 0.109. The number of hydrogen-bond donors (Lipinski definition) is 4. The standard InChI is InChI=1S/C26H20F4N4O3/c1-11-9-14(26(36)37)23-16(10-11)33-24(34-23)18-21(29)19(27)17(20(28)22(18)30)12-4-6-13(7-5-12)32-25(35)15-3-2-8-31-15/h4-7,9-10,15,31H,2-3,8H2,1H3,(H,32,35)(H,33,34)(H,36,37). The van der Waals surface area contributed by atoms with Crippen LogP contribution in [0.25, 0.3) is 33.5 Å². The minimum atomic E-state index is -1.69. The number of H-pyrrole nitrogens is 1. The Morgan fingerprint density at radius 3 is 2.24 bits per heavy atom. The van der Waals surface area contributed by atoms with E-state index in [4.69, 9.17) is 0 Å². The largest absolute Gasteiger partial charge is 0.478 e. The van der Waals surface area contributed by atoms with Gasteiger partial charge in [-0.25, -0.2) is 27.3 Å². The van der Waals surface area contributed by atoms with Crippen LogP contribution in [0.5, 0.6) is 0 Å². The molecule has 7 nitrogen and oxygen atoms in total. The molecular formula is C26H20F4N4O3. The second kappa shape index (κ2) is 9.32. The third kappa shape index (κ3) is 4.31. The number of halogens is 4.